The Morgan fingerprint density at radius 3 is 2.58 bits per heavy atom. The summed E-state index contributed by atoms with van der Waals surface area (Å²) >= 11 is 2.28. The highest BCUT2D eigenvalue weighted by Crippen LogP contribution is 2.43. The van der Waals surface area contributed by atoms with Gasteiger partial charge in [-0.05, 0) is 24.2 Å². The van der Waals surface area contributed by atoms with E-state index in [4.69, 9.17) is 5.11 Å². The van der Waals surface area contributed by atoms with Gasteiger partial charge in [-0.25, -0.2) is 4.79 Å². The Hall–Kier alpha value is -1.22. The number of amides is 1. The van der Waals surface area contributed by atoms with E-state index >= 15 is 0 Å². The molecule has 2 N–H and O–H groups in total. The number of anilines is 1. The lowest BCUT2D eigenvalue weighted by Gasteiger charge is -2.10. The van der Waals surface area contributed by atoms with Gasteiger partial charge in [-0.3, -0.25) is 4.79 Å². The molecule has 0 saturated heterocycles. The number of thioether (sulfide) groups is 1. The van der Waals surface area contributed by atoms with Crippen molar-refractivity contribution in [3.05, 3.63) is 11.1 Å². The largest absolute Gasteiger partial charge is 0.478 e. The third kappa shape index (κ3) is 2.86. The lowest BCUT2D eigenvalue weighted by Crippen LogP contribution is -2.30. The van der Waals surface area contributed by atoms with Gasteiger partial charge in [0.05, 0.1) is 9.77 Å². The fourth-order valence-corrected chi connectivity index (χ4v) is 4.25. The van der Waals surface area contributed by atoms with Crippen molar-refractivity contribution in [2.75, 3.05) is 11.1 Å². The minimum absolute atomic E-state index is 0.218. The van der Waals surface area contributed by atoms with Crippen molar-refractivity contribution in [1.82, 2.24) is 0 Å². The van der Waals surface area contributed by atoms with Crippen molar-refractivity contribution < 1.29 is 27.9 Å². The summed E-state index contributed by atoms with van der Waals surface area (Å²) in [4.78, 5) is 22.0. The highest BCUT2D eigenvalue weighted by molar-refractivity contribution is 8.01. The second-order valence-electron chi connectivity index (χ2n) is 3.78. The molecule has 104 valence electrons. The van der Waals surface area contributed by atoms with Crippen molar-refractivity contribution in [3.8, 4) is 0 Å². The quantitative estimate of drug-likeness (QED) is 0.881. The average Bonchev–Trinajstić information content (AvgIpc) is 2.65. The van der Waals surface area contributed by atoms with E-state index in [2.05, 4.69) is 0 Å². The number of fused-ring (bicyclic) bond motifs is 1. The van der Waals surface area contributed by atoms with Crippen LogP contribution in [0.2, 0.25) is 0 Å². The molecule has 2 heterocycles. The molecule has 0 aromatic carbocycles. The zero-order chi connectivity index (χ0) is 14.2. The Morgan fingerprint density at radius 1 is 1.32 bits per heavy atom. The number of nitrogens with one attached hydrogen (secondary N) is 1. The van der Waals surface area contributed by atoms with Gasteiger partial charge in [0.15, 0.2) is 0 Å². The predicted octanol–water partition coefficient (Wildman–Crippen LogP) is 2.99. The summed E-state index contributed by atoms with van der Waals surface area (Å²) in [5, 5.41) is 10.5. The van der Waals surface area contributed by atoms with Crippen molar-refractivity contribution in [3.63, 3.8) is 0 Å². The number of thiophene rings is 1. The van der Waals surface area contributed by atoms with Gasteiger partial charge < -0.3 is 10.4 Å². The molecule has 1 aromatic heterocycles. The molecule has 0 fully saturated rings. The number of hydrogen-bond donors (Lipinski definition) is 2. The smallest absolute Gasteiger partial charge is 0.471 e. The number of hydrogen-bond acceptors (Lipinski definition) is 4. The Kier molecular flexibility index (Phi) is 3.77. The van der Waals surface area contributed by atoms with E-state index in [0.29, 0.717) is 16.2 Å². The molecule has 0 saturated carbocycles. The first kappa shape index (κ1) is 14.2. The molecule has 19 heavy (non-hydrogen) atoms. The summed E-state index contributed by atoms with van der Waals surface area (Å²) in [5.41, 5.74) is 0.302. The summed E-state index contributed by atoms with van der Waals surface area (Å²) in [6, 6.07) is 0. The maximum atomic E-state index is 12.2. The highest BCUT2D eigenvalue weighted by Gasteiger charge is 2.40. The number of aromatic carboxylic acids is 1. The molecule has 0 aliphatic carbocycles. The molecule has 0 spiro atoms. The molecule has 1 amide bonds. The van der Waals surface area contributed by atoms with Crippen LogP contribution in [0.5, 0.6) is 0 Å². The van der Waals surface area contributed by atoms with Crippen LogP contribution in [-0.2, 0) is 11.2 Å². The third-order valence-electron chi connectivity index (χ3n) is 2.47. The molecule has 0 atom stereocenters. The molecule has 4 nitrogen and oxygen atoms in total. The van der Waals surface area contributed by atoms with Crippen molar-refractivity contribution in [1.29, 1.82) is 0 Å². The number of alkyl halides is 3. The van der Waals surface area contributed by atoms with Gasteiger partial charge in [-0.15, -0.1) is 23.1 Å². The third-order valence-corrected chi connectivity index (χ3v) is 5.02. The SMILES string of the molecule is O=C(O)c1c(NC(=O)C(F)(F)F)sc2c1CCCS2. The average molecular weight is 311 g/mol. The first-order valence-electron chi connectivity index (χ1n) is 5.20. The Balaban J connectivity index is 2.38. The van der Waals surface area contributed by atoms with E-state index in [0.717, 1.165) is 23.5 Å². The molecule has 0 unspecified atom stereocenters. The Labute approximate surface area is 114 Å². The van der Waals surface area contributed by atoms with Crippen LogP contribution in [0, 0.1) is 0 Å². The Bertz CT molecular complexity index is 539. The molecule has 2 rings (SSSR count). The topological polar surface area (TPSA) is 66.4 Å². The number of rotatable bonds is 2. The fraction of sp³-hybridized carbons (Fsp3) is 0.400. The number of carboxylic acids is 1. The summed E-state index contributed by atoms with van der Waals surface area (Å²) < 4.78 is 37.2. The van der Waals surface area contributed by atoms with Crippen LogP contribution in [0.4, 0.5) is 18.2 Å². The van der Waals surface area contributed by atoms with Crippen LogP contribution in [0.25, 0.3) is 0 Å². The highest BCUT2D eigenvalue weighted by atomic mass is 32.2. The molecule has 1 aliphatic heterocycles. The van der Waals surface area contributed by atoms with Gasteiger partial charge in [0, 0.05) is 0 Å². The monoisotopic (exact) mass is 311 g/mol. The van der Waals surface area contributed by atoms with Gasteiger partial charge >= 0.3 is 18.1 Å². The summed E-state index contributed by atoms with van der Waals surface area (Å²) in [6.07, 6.45) is -3.77. The lowest BCUT2D eigenvalue weighted by molar-refractivity contribution is -0.167. The zero-order valence-corrected chi connectivity index (χ0v) is 11.0. The van der Waals surface area contributed by atoms with Crippen LogP contribution in [0.1, 0.15) is 22.3 Å². The molecule has 1 aromatic rings. The van der Waals surface area contributed by atoms with Crippen LogP contribution in [0.3, 0.4) is 0 Å². The molecule has 0 bridgehead atoms. The van der Waals surface area contributed by atoms with Gasteiger partial charge in [0.1, 0.15) is 5.00 Å². The van der Waals surface area contributed by atoms with E-state index in [1.54, 1.807) is 5.32 Å². The van der Waals surface area contributed by atoms with E-state index in [-0.39, 0.29) is 10.6 Å². The van der Waals surface area contributed by atoms with E-state index in [9.17, 15) is 22.8 Å². The number of halogens is 3. The van der Waals surface area contributed by atoms with Gasteiger partial charge in [0.2, 0.25) is 0 Å². The van der Waals surface area contributed by atoms with Gasteiger partial charge in [-0.1, -0.05) is 0 Å². The van der Waals surface area contributed by atoms with E-state index in [1.807, 2.05) is 0 Å². The second kappa shape index (κ2) is 5.04. The van der Waals surface area contributed by atoms with Crippen LogP contribution in [-0.4, -0.2) is 28.9 Å². The maximum Gasteiger partial charge on any atom is 0.471 e. The van der Waals surface area contributed by atoms with Gasteiger partial charge in [-0.2, -0.15) is 13.2 Å². The van der Waals surface area contributed by atoms with Crippen molar-refractivity contribution >= 4 is 40.0 Å². The standard InChI is InChI=1S/C10H8F3NO3S2/c11-10(12,13)9(17)14-6-5(7(15)16)4-2-1-3-18-8(4)19-6/h1-3H2,(H,14,17)(H,15,16). The minimum atomic E-state index is -5.03. The number of carbonyl (C=O) groups excluding carboxylic acids is 1. The normalized spacial score (nSPS) is 14.9. The van der Waals surface area contributed by atoms with Gasteiger partial charge in [0.25, 0.3) is 0 Å². The van der Waals surface area contributed by atoms with Crippen molar-refractivity contribution in [2.24, 2.45) is 0 Å². The van der Waals surface area contributed by atoms with Crippen LogP contribution in [0.15, 0.2) is 4.21 Å². The molecular formula is C10H8F3NO3S2. The summed E-state index contributed by atoms with van der Waals surface area (Å²) in [7, 11) is 0. The fourth-order valence-electron chi connectivity index (χ4n) is 1.69. The molecule has 0 radical (unpaired) electrons. The molecule has 9 heteroatoms. The summed E-state index contributed by atoms with van der Waals surface area (Å²) in [6.45, 7) is 0. The number of carboxylic acid groups (broad SMARTS) is 1. The first-order valence-corrected chi connectivity index (χ1v) is 7.01. The minimum Gasteiger partial charge on any atom is -0.478 e. The predicted molar refractivity (Wildman–Crippen MR) is 65.0 cm³/mol. The lowest BCUT2D eigenvalue weighted by atomic mass is 10.1. The summed E-state index contributed by atoms with van der Waals surface area (Å²) in [5.74, 6) is -2.68. The molecular weight excluding hydrogens is 303 g/mol. The maximum absolute atomic E-state index is 12.2. The van der Waals surface area contributed by atoms with E-state index < -0.39 is 18.1 Å². The zero-order valence-electron chi connectivity index (χ0n) is 9.34. The van der Waals surface area contributed by atoms with E-state index in [1.165, 1.54) is 11.8 Å². The van der Waals surface area contributed by atoms with Crippen molar-refractivity contribution in [2.45, 2.75) is 23.2 Å². The Morgan fingerprint density at radius 2 is 2.00 bits per heavy atom. The van der Waals surface area contributed by atoms with Crippen LogP contribution >= 0.6 is 23.1 Å². The molecule has 1 aliphatic rings. The first-order chi connectivity index (χ1) is 8.80. The van der Waals surface area contributed by atoms with Crippen LogP contribution < -0.4 is 5.32 Å². The number of carbonyl (C=O) groups is 2. The second-order valence-corrected chi connectivity index (χ2v) is 6.17.